The van der Waals surface area contributed by atoms with Gasteiger partial charge in [-0.05, 0) is 60.0 Å². The van der Waals surface area contributed by atoms with Gasteiger partial charge >= 0.3 is 0 Å². The molecule has 6 nitrogen and oxygen atoms in total. The Labute approximate surface area is 199 Å². The second kappa shape index (κ2) is 11.7. The van der Waals surface area contributed by atoms with Crippen LogP contribution in [0, 0.1) is 5.92 Å². The summed E-state index contributed by atoms with van der Waals surface area (Å²) in [4.78, 5) is 30.7. The Morgan fingerprint density at radius 3 is 2.69 bits per heavy atom. The molecule has 0 saturated heterocycles. The Bertz CT molecular complexity index is 900. The quantitative estimate of drug-likeness (QED) is 0.507. The van der Waals surface area contributed by atoms with Crippen molar-refractivity contribution >= 4 is 34.8 Å². The minimum Gasteiger partial charge on any atom is -0.491 e. The van der Waals surface area contributed by atoms with E-state index in [0.717, 1.165) is 18.4 Å². The van der Waals surface area contributed by atoms with Crippen LogP contribution in [-0.2, 0) is 20.7 Å². The van der Waals surface area contributed by atoms with E-state index in [2.05, 4.69) is 25.3 Å². The van der Waals surface area contributed by atoms with Crippen molar-refractivity contribution in [2.75, 3.05) is 40.0 Å². The van der Waals surface area contributed by atoms with Gasteiger partial charge in [0.1, 0.15) is 19.0 Å². The standard InChI is InChI=1S/C24H31ClN2O4S/c1-17(2)8-11-26(24(29)16-30-3)14-23(28)27-12-9-22-20(10-13-32-22)21(27)15-31-19-6-4-18(25)5-7-19/h4-7,10,13,17,21H,8-9,11-12,14-16H2,1-3H3/t21-/m0/s1. The number of hydrogen-bond acceptors (Lipinski definition) is 5. The van der Waals surface area contributed by atoms with Gasteiger partial charge in [0, 0.05) is 30.1 Å². The van der Waals surface area contributed by atoms with E-state index in [4.69, 9.17) is 21.1 Å². The van der Waals surface area contributed by atoms with E-state index in [1.807, 2.05) is 17.0 Å². The predicted molar refractivity (Wildman–Crippen MR) is 127 cm³/mol. The third kappa shape index (κ3) is 6.47. The molecular formula is C24H31ClN2O4S. The molecule has 2 heterocycles. The van der Waals surface area contributed by atoms with Crippen molar-refractivity contribution < 1.29 is 19.1 Å². The molecule has 1 atom stereocenters. The molecule has 2 aromatic rings. The Morgan fingerprint density at radius 2 is 2.00 bits per heavy atom. The first-order chi connectivity index (χ1) is 15.4. The first-order valence-corrected chi connectivity index (χ1v) is 12.2. The minimum atomic E-state index is -0.197. The molecule has 0 unspecified atom stereocenters. The number of carbonyl (C=O) groups is 2. The third-order valence-corrected chi connectivity index (χ3v) is 6.81. The van der Waals surface area contributed by atoms with Crippen LogP contribution in [0.2, 0.25) is 5.02 Å². The second-order valence-corrected chi connectivity index (χ2v) is 9.78. The number of nitrogens with zero attached hydrogens (tertiary/aromatic N) is 2. The average Bonchev–Trinajstić information content (AvgIpc) is 3.25. The van der Waals surface area contributed by atoms with Crippen LogP contribution >= 0.6 is 22.9 Å². The molecule has 1 aromatic heterocycles. The summed E-state index contributed by atoms with van der Waals surface area (Å²) in [5, 5.41) is 2.71. The van der Waals surface area contributed by atoms with Crippen LogP contribution in [0.5, 0.6) is 5.75 Å². The molecule has 174 valence electrons. The fourth-order valence-electron chi connectivity index (χ4n) is 3.76. The van der Waals surface area contributed by atoms with Crippen LogP contribution in [0.25, 0.3) is 0 Å². The molecule has 32 heavy (non-hydrogen) atoms. The summed E-state index contributed by atoms with van der Waals surface area (Å²) in [5.74, 6) is 0.910. The summed E-state index contributed by atoms with van der Waals surface area (Å²) in [6, 6.07) is 9.08. The van der Waals surface area contributed by atoms with Gasteiger partial charge in [0.25, 0.3) is 0 Å². The van der Waals surface area contributed by atoms with E-state index >= 15 is 0 Å². The number of thiophene rings is 1. The number of benzene rings is 1. The SMILES string of the molecule is COCC(=O)N(CCC(C)C)CC(=O)N1CCc2sccc2[C@@H]1COc1ccc(Cl)cc1. The lowest BCUT2D eigenvalue weighted by atomic mass is 10.0. The van der Waals surface area contributed by atoms with Gasteiger partial charge in [-0.1, -0.05) is 25.4 Å². The van der Waals surface area contributed by atoms with Gasteiger partial charge in [-0.25, -0.2) is 0 Å². The zero-order valence-electron chi connectivity index (χ0n) is 18.9. The van der Waals surface area contributed by atoms with E-state index in [1.165, 1.54) is 12.0 Å². The van der Waals surface area contributed by atoms with Crippen LogP contribution in [0.3, 0.4) is 0 Å². The van der Waals surface area contributed by atoms with Crippen molar-refractivity contribution in [2.45, 2.75) is 32.7 Å². The molecule has 3 rings (SSSR count). The number of halogens is 1. The van der Waals surface area contributed by atoms with Gasteiger partial charge in [0.05, 0.1) is 12.6 Å². The molecule has 0 N–H and O–H groups in total. The van der Waals surface area contributed by atoms with E-state index in [-0.39, 0.29) is 31.0 Å². The van der Waals surface area contributed by atoms with E-state index in [1.54, 1.807) is 28.4 Å². The predicted octanol–water partition coefficient (Wildman–Crippen LogP) is 4.43. The van der Waals surface area contributed by atoms with Crippen LogP contribution in [0.4, 0.5) is 0 Å². The lowest BCUT2D eigenvalue weighted by Gasteiger charge is -2.37. The Balaban J connectivity index is 1.74. The number of carbonyl (C=O) groups excluding carboxylic acids is 2. The van der Waals surface area contributed by atoms with Crippen molar-refractivity contribution in [2.24, 2.45) is 5.92 Å². The Hall–Kier alpha value is -2.09. The maximum atomic E-state index is 13.4. The van der Waals surface area contributed by atoms with Gasteiger partial charge in [-0.15, -0.1) is 11.3 Å². The van der Waals surface area contributed by atoms with Crippen molar-refractivity contribution in [1.82, 2.24) is 9.80 Å². The highest BCUT2D eigenvalue weighted by Crippen LogP contribution is 2.34. The molecule has 8 heteroatoms. The van der Waals surface area contributed by atoms with E-state index < -0.39 is 0 Å². The molecule has 0 bridgehead atoms. The first-order valence-electron chi connectivity index (χ1n) is 10.9. The molecule has 0 saturated carbocycles. The number of hydrogen-bond donors (Lipinski definition) is 0. The molecule has 0 fully saturated rings. The largest absolute Gasteiger partial charge is 0.491 e. The second-order valence-electron chi connectivity index (χ2n) is 8.35. The third-order valence-electron chi connectivity index (χ3n) is 5.56. The average molecular weight is 479 g/mol. The van der Waals surface area contributed by atoms with Gasteiger partial charge < -0.3 is 19.3 Å². The number of rotatable bonds is 10. The normalized spacial score (nSPS) is 15.5. The summed E-state index contributed by atoms with van der Waals surface area (Å²) in [5.41, 5.74) is 1.13. The molecule has 1 aliphatic rings. The molecular weight excluding hydrogens is 448 g/mol. The van der Waals surface area contributed by atoms with Crippen molar-refractivity contribution in [3.8, 4) is 5.75 Å². The highest BCUT2D eigenvalue weighted by molar-refractivity contribution is 7.10. The molecule has 2 amide bonds. The van der Waals surface area contributed by atoms with Crippen molar-refractivity contribution in [3.05, 3.63) is 51.2 Å². The van der Waals surface area contributed by atoms with Gasteiger partial charge in [-0.3, -0.25) is 9.59 Å². The van der Waals surface area contributed by atoms with Gasteiger partial charge in [0.2, 0.25) is 11.8 Å². The molecule has 1 aliphatic heterocycles. The number of methoxy groups -OCH3 is 1. The molecule has 0 spiro atoms. The van der Waals surface area contributed by atoms with Crippen molar-refractivity contribution in [3.63, 3.8) is 0 Å². The highest BCUT2D eigenvalue weighted by atomic mass is 35.5. The molecule has 0 aliphatic carbocycles. The maximum absolute atomic E-state index is 13.4. The van der Waals surface area contributed by atoms with Crippen LogP contribution < -0.4 is 4.74 Å². The highest BCUT2D eigenvalue weighted by Gasteiger charge is 2.33. The van der Waals surface area contributed by atoms with Crippen molar-refractivity contribution in [1.29, 1.82) is 0 Å². The molecule has 0 radical (unpaired) electrons. The minimum absolute atomic E-state index is 0.0246. The Morgan fingerprint density at radius 1 is 1.25 bits per heavy atom. The van der Waals surface area contributed by atoms with Crippen LogP contribution in [-0.4, -0.2) is 61.6 Å². The summed E-state index contributed by atoms with van der Waals surface area (Å²) in [7, 11) is 1.49. The molecule has 1 aromatic carbocycles. The first kappa shape index (κ1) is 24.6. The fraction of sp³-hybridized carbons (Fsp3) is 0.500. The van der Waals surface area contributed by atoms with Gasteiger partial charge in [0.15, 0.2) is 0 Å². The lowest BCUT2D eigenvalue weighted by molar-refractivity contribution is -0.144. The maximum Gasteiger partial charge on any atom is 0.249 e. The van der Waals surface area contributed by atoms with Crippen LogP contribution in [0.15, 0.2) is 35.7 Å². The summed E-state index contributed by atoms with van der Waals surface area (Å²) < 4.78 is 11.1. The smallest absolute Gasteiger partial charge is 0.249 e. The lowest BCUT2D eigenvalue weighted by Crippen LogP contribution is -2.48. The zero-order valence-corrected chi connectivity index (χ0v) is 20.5. The number of amides is 2. The monoisotopic (exact) mass is 478 g/mol. The number of ether oxygens (including phenoxy) is 2. The van der Waals surface area contributed by atoms with E-state index in [0.29, 0.717) is 36.4 Å². The summed E-state index contributed by atoms with van der Waals surface area (Å²) >= 11 is 7.68. The van der Waals surface area contributed by atoms with Crippen LogP contribution in [0.1, 0.15) is 36.8 Å². The Kier molecular flexibility index (Phi) is 8.96. The van der Waals surface area contributed by atoms with E-state index in [9.17, 15) is 9.59 Å². The van der Waals surface area contributed by atoms with Gasteiger partial charge in [-0.2, -0.15) is 0 Å². The fourth-order valence-corrected chi connectivity index (χ4v) is 4.81. The topological polar surface area (TPSA) is 59.1 Å². The number of fused-ring (bicyclic) bond motifs is 1. The summed E-state index contributed by atoms with van der Waals surface area (Å²) in [6.45, 7) is 5.72. The zero-order chi connectivity index (χ0) is 23.1. The summed E-state index contributed by atoms with van der Waals surface area (Å²) in [6.07, 6.45) is 1.65.